The van der Waals surface area contributed by atoms with E-state index in [1.807, 2.05) is 36.0 Å². The Kier molecular flexibility index (Phi) is 9.42. The average molecular weight is 680 g/mol. The van der Waals surface area contributed by atoms with Gasteiger partial charge < -0.3 is 45.3 Å². The first-order chi connectivity index (χ1) is 23.0. The van der Waals surface area contributed by atoms with Crippen molar-refractivity contribution in [1.29, 1.82) is 5.41 Å². The summed E-state index contributed by atoms with van der Waals surface area (Å²) in [6.07, 6.45) is 5.66. The molecule has 0 spiro atoms. The van der Waals surface area contributed by atoms with E-state index in [-0.39, 0.29) is 17.4 Å². The Labute approximate surface area is 276 Å². The highest BCUT2D eigenvalue weighted by molar-refractivity contribution is 7.65. The number of alkyl halides is 3. The number of allylic oxidation sites excluding steroid dienone is 1. The molecule has 0 saturated carbocycles. The maximum absolute atomic E-state index is 13.5. The number of hydrogen-bond donors (Lipinski definition) is 5. The molecule has 252 valence electrons. The topological polar surface area (TPSA) is 135 Å². The summed E-state index contributed by atoms with van der Waals surface area (Å²) in [5.41, 5.74) is 4.28. The number of aromatic amines is 1. The van der Waals surface area contributed by atoms with Gasteiger partial charge in [-0.1, -0.05) is 7.92 Å². The number of benzene rings is 1. The first-order valence-corrected chi connectivity index (χ1v) is 17.5. The van der Waals surface area contributed by atoms with Crippen LogP contribution in [0.5, 0.6) is 5.75 Å². The van der Waals surface area contributed by atoms with E-state index in [1.165, 1.54) is 6.21 Å². The lowest BCUT2D eigenvalue weighted by Crippen LogP contribution is -2.44. The lowest BCUT2D eigenvalue weighted by Gasteiger charge is -2.35. The number of nitrogens with one attached hydrogen (secondary N) is 5. The fourth-order valence-electron chi connectivity index (χ4n) is 5.69. The third-order valence-electron chi connectivity index (χ3n) is 8.00. The molecule has 16 heteroatoms. The molecule has 1 saturated heterocycles. The van der Waals surface area contributed by atoms with Gasteiger partial charge in [-0.05, 0) is 38.6 Å². The molecule has 5 N–H and O–H groups in total. The predicted octanol–water partition coefficient (Wildman–Crippen LogP) is 5.36. The minimum atomic E-state index is -4.56. The maximum Gasteiger partial charge on any atom is 0.422 e. The number of halogens is 3. The number of hydrogen-bond acceptors (Lipinski definition) is 10. The van der Waals surface area contributed by atoms with E-state index < -0.39 is 20.7 Å². The van der Waals surface area contributed by atoms with Gasteiger partial charge in [0.1, 0.15) is 22.9 Å². The highest BCUT2D eigenvalue weighted by atomic mass is 31.1. The first kappa shape index (κ1) is 33.0. The van der Waals surface area contributed by atoms with Crippen LogP contribution in [-0.4, -0.2) is 102 Å². The number of anilines is 5. The number of piperazine rings is 1. The van der Waals surface area contributed by atoms with E-state index in [4.69, 9.17) is 15.1 Å². The Morgan fingerprint density at radius 2 is 1.88 bits per heavy atom. The number of fused-ring (bicyclic) bond motifs is 2. The summed E-state index contributed by atoms with van der Waals surface area (Å²) in [6, 6.07) is 7.12. The lowest BCUT2D eigenvalue weighted by atomic mass is 10.0. The molecule has 5 aromatic rings. The number of H-pyrrole nitrogens is 1. The summed E-state index contributed by atoms with van der Waals surface area (Å²) in [6.45, 7) is 5.70. The zero-order chi connectivity index (χ0) is 34.0. The van der Waals surface area contributed by atoms with Crippen LogP contribution in [0.25, 0.3) is 22.3 Å². The summed E-state index contributed by atoms with van der Waals surface area (Å²) in [7, 11) is 3.18. The standard InChI is InChI=1S/C32H37F3N11OP/c1-37-18-20(17-36)22-15-24(26(47-19-32(33,34)35)16-25(22)45-13-11-44(2)12-14-45)41-31-42-28-21(5-7-38-28)29(43-31)40-23-6-9-46-10-8-39-30(46)27(23)48(3)4/h5-10,15-18,36-37H,11-14,19H2,1-4H3,(H3,38,40,41,42,43)/b20-18+,36-17?. The molecule has 48 heavy (non-hydrogen) atoms. The molecular weight excluding hydrogens is 642 g/mol. The molecular formula is C32H37F3N11OP. The average Bonchev–Trinajstić information content (AvgIpc) is 3.73. The van der Waals surface area contributed by atoms with Crippen molar-refractivity contribution in [2.75, 3.05) is 75.7 Å². The summed E-state index contributed by atoms with van der Waals surface area (Å²) >= 11 is 0. The van der Waals surface area contributed by atoms with E-state index in [9.17, 15) is 13.2 Å². The summed E-state index contributed by atoms with van der Waals surface area (Å²) in [4.78, 5) is 21.4. The Morgan fingerprint density at radius 1 is 1.08 bits per heavy atom. The highest BCUT2D eigenvalue weighted by Gasteiger charge is 2.30. The van der Waals surface area contributed by atoms with Gasteiger partial charge in [0.2, 0.25) is 5.95 Å². The molecule has 12 nitrogen and oxygen atoms in total. The summed E-state index contributed by atoms with van der Waals surface area (Å²) in [5, 5.41) is 19.5. The zero-order valence-corrected chi connectivity index (χ0v) is 27.9. The Bertz CT molecular complexity index is 1960. The van der Waals surface area contributed by atoms with E-state index in [2.05, 4.69) is 54.0 Å². The number of imidazole rings is 1. The third kappa shape index (κ3) is 7.02. The Balaban J connectivity index is 1.45. The van der Waals surface area contributed by atoms with Crippen LogP contribution in [0, 0.1) is 5.41 Å². The minimum absolute atomic E-state index is 0.0156. The molecule has 4 aromatic heterocycles. The fourth-order valence-corrected chi connectivity index (χ4v) is 6.88. The van der Waals surface area contributed by atoms with Crippen LogP contribution in [0.4, 0.5) is 42.0 Å². The molecule has 1 fully saturated rings. The number of aromatic nitrogens is 5. The second-order valence-corrected chi connectivity index (χ2v) is 13.8. The van der Waals surface area contributed by atoms with Gasteiger partial charge in [-0.2, -0.15) is 23.1 Å². The van der Waals surface area contributed by atoms with Crippen LogP contribution in [-0.2, 0) is 0 Å². The second kappa shape index (κ2) is 13.7. The van der Waals surface area contributed by atoms with Crippen molar-refractivity contribution >= 4 is 70.5 Å². The largest absolute Gasteiger partial charge is 0.482 e. The van der Waals surface area contributed by atoms with Crippen LogP contribution in [0.3, 0.4) is 0 Å². The first-order valence-electron chi connectivity index (χ1n) is 15.3. The van der Waals surface area contributed by atoms with E-state index in [0.29, 0.717) is 41.4 Å². The van der Waals surface area contributed by atoms with E-state index in [0.717, 1.165) is 35.1 Å². The quantitative estimate of drug-likeness (QED) is 0.0924. The molecule has 5 heterocycles. The smallest absolute Gasteiger partial charge is 0.422 e. The number of ether oxygens (including phenoxy) is 1. The van der Waals surface area contributed by atoms with Crippen molar-refractivity contribution in [3.63, 3.8) is 0 Å². The highest BCUT2D eigenvalue weighted by Crippen LogP contribution is 2.40. The molecule has 1 aliphatic rings. The van der Waals surface area contributed by atoms with Crippen LogP contribution >= 0.6 is 7.92 Å². The van der Waals surface area contributed by atoms with Crippen LogP contribution < -0.4 is 30.9 Å². The normalized spacial score (nSPS) is 14.6. The molecule has 0 bridgehead atoms. The molecule has 6 rings (SSSR count). The minimum Gasteiger partial charge on any atom is -0.482 e. The van der Waals surface area contributed by atoms with E-state index >= 15 is 0 Å². The molecule has 0 unspecified atom stereocenters. The molecule has 0 amide bonds. The van der Waals surface area contributed by atoms with Gasteiger partial charge in [0.05, 0.1) is 16.8 Å². The second-order valence-electron chi connectivity index (χ2n) is 11.6. The van der Waals surface area contributed by atoms with Crippen molar-refractivity contribution in [3.05, 3.63) is 60.8 Å². The van der Waals surface area contributed by atoms with E-state index in [1.54, 1.807) is 37.8 Å². The monoisotopic (exact) mass is 679 g/mol. The van der Waals surface area contributed by atoms with Gasteiger partial charge in [0.15, 0.2) is 6.61 Å². The van der Waals surface area contributed by atoms with Gasteiger partial charge in [-0.25, -0.2) is 4.98 Å². The van der Waals surface area contributed by atoms with Crippen molar-refractivity contribution in [3.8, 4) is 5.75 Å². The lowest BCUT2D eigenvalue weighted by molar-refractivity contribution is -0.153. The number of likely N-dealkylation sites (N-methyl/N-ethyl adjacent to an activating group) is 1. The van der Waals surface area contributed by atoms with Gasteiger partial charge in [-0.3, -0.25) is 0 Å². The van der Waals surface area contributed by atoms with Crippen molar-refractivity contribution in [2.24, 2.45) is 0 Å². The summed E-state index contributed by atoms with van der Waals surface area (Å²) < 4.78 is 47.8. The van der Waals surface area contributed by atoms with Crippen LogP contribution in [0.15, 0.2) is 55.3 Å². The van der Waals surface area contributed by atoms with Crippen LogP contribution in [0.2, 0.25) is 0 Å². The van der Waals surface area contributed by atoms with Crippen molar-refractivity contribution < 1.29 is 17.9 Å². The number of nitrogens with zero attached hydrogens (tertiary/aromatic N) is 6. The molecule has 1 aromatic carbocycles. The zero-order valence-electron chi connectivity index (χ0n) is 27.0. The van der Waals surface area contributed by atoms with Gasteiger partial charge in [0, 0.05) is 98.6 Å². The molecule has 0 aliphatic carbocycles. The number of rotatable bonds is 11. The van der Waals surface area contributed by atoms with Crippen molar-refractivity contribution in [1.82, 2.24) is 34.6 Å². The SMILES string of the molecule is CN/C=C(\C=N)c1cc(Nc2nc(Nc3ccn4ccnc4c3P(C)C)c3cc[nH]c3n2)c(OCC(F)(F)F)cc1N1CCN(C)CC1. The van der Waals surface area contributed by atoms with Gasteiger partial charge in [-0.15, -0.1) is 0 Å². The number of pyridine rings is 1. The molecule has 1 aliphatic heterocycles. The third-order valence-corrected chi connectivity index (χ3v) is 9.33. The van der Waals surface area contributed by atoms with Gasteiger partial charge in [0.25, 0.3) is 0 Å². The van der Waals surface area contributed by atoms with Crippen molar-refractivity contribution in [2.45, 2.75) is 6.18 Å². The molecule has 0 atom stereocenters. The van der Waals surface area contributed by atoms with Crippen LogP contribution in [0.1, 0.15) is 5.56 Å². The molecule has 0 radical (unpaired) electrons. The maximum atomic E-state index is 13.5. The Morgan fingerprint density at radius 3 is 2.58 bits per heavy atom. The fraction of sp³-hybridized carbons (Fsp3) is 0.312. The Hall–Kier alpha value is -4.88. The van der Waals surface area contributed by atoms with Gasteiger partial charge >= 0.3 is 6.18 Å². The predicted molar refractivity (Wildman–Crippen MR) is 188 cm³/mol. The summed E-state index contributed by atoms with van der Waals surface area (Å²) in [5.74, 6) is 0.619.